The molecule has 0 bridgehead atoms. The molecular formula is C12H20N2O4S. The largest absolute Gasteiger partial charge is 0.389 e. The fraction of sp³-hybridized carbons (Fsp3) is 0.667. The summed E-state index contributed by atoms with van der Waals surface area (Å²) in [5, 5.41) is 31.0. The number of thiophene rings is 1. The number of nitro groups is 1. The van der Waals surface area contributed by atoms with Gasteiger partial charge in [-0.3, -0.25) is 10.1 Å². The molecule has 0 unspecified atom stereocenters. The highest BCUT2D eigenvalue weighted by Gasteiger charge is 2.27. The maximum absolute atomic E-state index is 11.1. The second-order valence-corrected chi connectivity index (χ2v) is 6.16. The summed E-state index contributed by atoms with van der Waals surface area (Å²) in [5.74, 6) is 0. The zero-order valence-electron chi connectivity index (χ0n) is 11.6. The van der Waals surface area contributed by atoms with Crippen LogP contribution >= 0.6 is 11.3 Å². The van der Waals surface area contributed by atoms with Gasteiger partial charge >= 0.3 is 5.69 Å². The number of nitrogens with zero attached hydrogens (tertiary/aromatic N) is 2. The summed E-state index contributed by atoms with van der Waals surface area (Å²) < 4.78 is 0. The molecule has 0 aliphatic rings. The highest BCUT2D eigenvalue weighted by Crippen LogP contribution is 2.40. The molecule has 1 aromatic rings. The molecule has 1 aromatic heterocycles. The third-order valence-electron chi connectivity index (χ3n) is 2.57. The lowest BCUT2D eigenvalue weighted by Gasteiger charge is -2.28. The summed E-state index contributed by atoms with van der Waals surface area (Å²) in [6.45, 7) is 7.60. The van der Waals surface area contributed by atoms with E-state index >= 15 is 0 Å². The number of aliphatic hydroxyl groups excluding tert-OH is 1. The standard InChI is InChI=1S/C12H20N2O4S/c1-5-13(7-12(3,4)16)11-9(14(17)18)6-10(19-11)8(2)15/h6,8,15-16H,5,7H2,1-4H3/t8-/m0/s1. The molecule has 1 rings (SSSR count). The SMILES string of the molecule is CCN(CC(C)(C)O)c1sc([C@H](C)O)cc1[N+](=O)[O-]. The van der Waals surface area contributed by atoms with Crippen molar-refractivity contribution in [3.8, 4) is 0 Å². The number of hydrogen-bond donors (Lipinski definition) is 2. The molecule has 1 atom stereocenters. The first-order valence-electron chi connectivity index (χ1n) is 6.09. The van der Waals surface area contributed by atoms with Crippen molar-refractivity contribution in [3.63, 3.8) is 0 Å². The van der Waals surface area contributed by atoms with Crippen LogP contribution in [0, 0.1) is 10.1 Å². The van der Waals surface area contributed by atoms with Gasteiger partial charge in [-0.1, -0.05) is 0 Å². The van der Waals surface area contributed by atoms with Crippen molar-refractivity contribution in [2.75, 3.05) is 18.0 Å². The molecule has 2 N–H and O–H groups in total. The van der Waals surface area contributed by atoms with Crippen LogP contribution < -0.4 is 4.90 Å². The lowest BCUT2D eigenvalue weighted by Crippen LogP contribution is -2.38. The van der Waals surface area contributed by atoms with Crippen molar-refractivity contribution in [2.45, 2.75) is 39.4 Å². The molecule has 6 nitrogen and oxygen atoms in total. The summed E-state index contributed by atoms with van der Waals surface area (Å²) in [6, 6.07) is 1.40. The van der Waals surface area contributed by atoms with Crippen LogP contribution in [-0.2, 0) is 0 Å². The van der Waals surface area contributed by atoms with Crippen LogP contribution in [0.25, 0.3) is 0 Å². The Morgan fingerprint density at radius 1 is 1.58 bits per heavy atom. The number of rotatable bonds is 6. The quantitative estimate of drug-likeness (QED) is 0.619. The maximum atomic E-state index is 11.1. The van der Waals surface area contributed by atoms with Crippen molar-refractivity contribution in [3.05, 3.63) is 21.1 Å². The van der Waals surface area contributed by atoms with Crippen molar-refractivity contribution in [1.29, 1.82) is 0 Å². The van der Waals surface area contributed by atoms with E-state index in [2.05, 4.69) is 0 Å². The molecule has 1 heterocycles. The van der Waals surface area contributed by atoms with Gasteiger partial charge in [0.15, 0.2) is 5.00 Å². The lowest BCUT2D eigenvalue weighted by atomic mass is 10.1. The van der Waals surface area contributed by atoms with Crippen LogP contribution in [0.4, 0.5) is 10.7 Å². The van der Waals surface area contributed by atoms with Gasteiger partial charge in [0, 0.05) is 24.0 Å². The second-order valence-electron chi connectivity index (χ2n) is 5.10. The monoisotopic (exact) mass is 288 g/mol. The molecule has 0 fully saturated rings. The van der Waals surface area contributed by atoms with Gasteiger partial charge in [-0.25, -0.2) is 0 Å². The average Bonchev–Trinajstić information content (AvgIpc) is 2.69. The zero-order chi connectivity index (χ0) is 14.8. The maximum Gasteiger partial charge on any atom is 0.304 e. The highest BCUT2D eigenvalue weighted by atomic mass is 32.1. The van der Waals surface area contributed by atoms with Gasteiger partial charge < -0.3 is 15.1 Å². The van der Waals surface area contributed by atoms with Gasteiger partial charge in [0.05, 0.1) is 16.6 Å². The van der Waals surface area contributed by atoms with E-state index in [1.54, 1.807) is 25.7 Å². The van der Waals surface area contributed by atoms with E-state index < -0.39 is 16.6 Å². The molecule has 19 heavy (non-hydrogen) atoms. The Morgan fingerprint density at radius 2 is 2.16 bits per heavy atom. The number of likely N-dealkylation sites (N-methyl/N-ethyl adjacent to an activating group) is 1. The zero-order valence-corrected chi connectivity index (χ0v) is 12.4. The molecule has 7 heteroatoms. The predicted octanol–water partition coefficient (Wildman–Crippen LogP) is 2.31. The van der Waals surface area contributed by atoms with Crippen LogP contribution in [0.2, 0.25) is 0 Å². The second kappa shape index (κ2) is 5.85. The van der Waals surface area contributed by atoms with Crippen molar-refractivity contribution in [1.82, 2.24) is 0 Å². The van der Waals surface area contributed by atoms with Gasteiger partial charge in [-0.05, 0) is 27.7 Å². The smallest absolute Gasteiger partial charge is 0.304 e. The van der Waals surface area contributed by atoms with Crippen molar-refractivity contribution < 1.29 is 15.1 Å². The Bertz CT molecular complexity index is 451. The number of hydrogen-bond acceptors (Lipinski definition) is 6. The third kappa shape index (κ3) is 4.15. The van der Waals surface area contributed by atoms with Crippen LogP contribution in [0.3, 0.4) is 0 Å². The van der Waals surface area contributed by atoms with Crippen molar-refractivity contribution >= 4 is 22.0 Å². The third-order valence-corrected chi connectivity index (χ3v) is 3.92. The van der Waals surface area contributed by atoms with Crippen LogP contribution in [0.5, 0.6) is 0 Å². The first-order valence-corrected chi connectivity index (χ1v) is 6.91. The Kier molecular flexibility index (Phi) is 4.89. The topological polar surface area (TPSA) is 86.8 Å². The summed E-state index contributed by atoms with van der Waals surface area (Å²) in [4.78, 5) is 12.9. The van der Waals surface area contributed by atoms with Gasteiger partial charge in [0.1, 0.15) is 0 Å². The molecule has 0 radical (unpaired) electrons. The summed E-state index contributed by atoms with van der Waals surface area (Å²) in [7, 11) is 0. The van der Waals surface area contributed by atoms with E-state index in [1.807, 2.05) is 6.92 Å². The molecule has 0 amide bonds. The minimum Gasteiger partial charge on any atom is -0.389 e. The van der Waals surface area contributed by atoms with Gasteiger partial charge in [0.2, 0.25) is 0 Å². The van der Waals surface area contributed by atoms with Gasteiger partial charge in [-0.2, -0.15) is 0 Å². The lowest BCUT2D eigenvalue weighted by molar-refractivity contribution is -0.383. The molecule has 0 aliphatic carbocycles. The van der Waals surface area contributed by atoms with Gasteiger partial charge in [-0.15, -0.1) is 11.3 Å². The molecular weight excluding hydrogens is 268 g/mol. The minimum absolute atomic E-state index is 0.0213. The Hall–Kier alpha value is -1.18. The first kappa shape index (κ1) is 15.9. The molecule has 0 saturated carbocycles. The average molecular weight is 288 g/mol. The Balaban J connectivity index is 3.18. The van der Waals surface area contributed by atoms with E-state index in [4.69, 9.17) is 0 Å². The summed E-state index contributed by atoms with van der Waals surface area (Å²) in [5.41, 5.74) is -0.967. The Morgan fingerprint density at radius 3 is 2.53 bits per heavy atom. The van der Waals surface area contributed by atoms with E-state index in [0.29, 0.717) is 23.0 Å². The van der Waals surface area contributed by atoms with E-state index in [9.17, 15) is 20.3 Å². The normalized spacial score (nSPS) is 13.4. The van der Waals surface area contributed by atoms with Crippen molar-refractivity contribution in [2.24, 2.45) is 0 Å². The number of anilines is 1. The predicted molar refractivity (Wildman–Crippen MR) is 75.8 cm³/mol. The first-order chi connectivity index (χ1) is 8.65. The summed E-state index contributed by atoms with van der Waals surface area (Å²) >= 11 is 1.19. The minimum atomic E-state index is -0.946. The van der Waals surface area contributed by atoms with Crippen LogP contribution in [-0.4, -0.2) is 33.8 Å². The van der Waals surface area contributed by atoms with E-state index in [1.165, 1.54) is 17.4 Å². The fourth-order valence-electron chi connectivity index (χ4n) is 1.75. The molecule has 0 saturated heterocycles. The molecule has 0 aromatic carbocycles. The van der Waals surface area contributed by atoms with Crippen LogP contribution in [0.1, 0.15) is 38.7 Å². The number of aliphatic hydroxyl groups is 2. The molecule has 0 aliphatic heterocycles. The van der Waals surface area contributed by atoms with Crippen LogP contribution in [0.15, 0.2) is 6.07 Å². The van der Waals surface area contributed by atoms with E-state index in [0.717, 1.165) is 0 Å². The molecule has 0 spiro atoms. The highest BCUT2D eigenvalue weighted by molar-refractivity contribution is 7.16. The fourth-order valence-corrected chi connectivity index (χ4v) is 2.87. The van der Waals surface area contributed by atoms with Gasteiger partial charge in [0.25, 0.3) is 0 Å². The molecule has 108 valence electrons. The Labute approximate surface area is 116 Å². The summed E-state index contributed by atoms with van der Waals surface area (Å²) in [6.07, 6.45) is -0.738. The van der Waals surface area contributed by atoms with E-state index in [-0.39, 0.29) is 5.69 Å².